The van der Waals surface area contributed by atoms with Crippen LogP contribution >= 0.6 is 0 Å². The molecule has 1 unspecified atom stereocenters. The number of carbonyl (C=O) groups excluding carboxylic acids is 1. The van der Waals surface area contributed by atoms with Gasteiger partial charge in [-0.05, 0) is 69.1 Å². The van der Waals surface area contributed by atoms with Crippen molar-refractivity contribution in [2.75, 3.05) is 33.3 Å². The van der Waals surface area contributed by atoms with E-state index >= 15 is 0 Å². The van der Waals surface area contributed by atoms with Crippen molar-refractivity contribution >= 4 is 5.91 Å². The molecule has 2 fully saturated rings. The third kappa shape index (κ3) is 3.46. The van der Waals surface area contributed by atoms with Crippen LogP contribution in [0.15, 0.2) is 30.3 Å². The number of hydrogen-bond acceptors (Lipinski definition) is 4. The van der Waals surface area contributed by atoms with Gasteiger partial charge in [0.05, 0.1) is 12.8 Å². The van der Waals surface area contributed by atoms with Crippen LogP contribution in [0, 0.1) is 0 Å². The number of aromatic nitrogens is 2. The summed E-state index contributed by atoms with van der Waals surface area (Å²) in [5.74, 6) is 0.864. The van der Waals surface area contributed by atoms with E-state index in [9.17, 15) is 4.79 Å². The Kier molecular flexibility index (Phi) is 4.93. The molecule has 1 amide bonds. The molecule has 26 heavy (non-hydrogen) atoms. The number of piperidine rings is 1. The number of amides is 1. The summed E-state index contributed by atoms with van der Waals surface area (Å²) in [6.45, 7) is 4.02. The Morgan fingerprint density at radius 1 is 1.15 bits per heavy atom. The Labute approximate surface area is 154 Å². The fourth-order valence-corrected chi connectivity index (χ4v) is 4.06. The van der Waals surface area contributed by atoms with Crippen LogP contribution in [0.5, 0.6) is 5.75 Å². The van der Waals surface area contributed by atoms with Gasteiger partial charge in [0, 0.05) is 24.7 Å². The molecule has 1 N–H and O–H groups in total. The smallest absolute Gasteiger partial charge is 0.271 e. The van der Waals surface area contributed by atoms with Gasteiger partial charge in [-0.3, -0.25) is 14.8 Å². The van der Waals surface area contributed by atoms with Crippen LogP contribution in [-0.2, 0) is 0 Å². The highest BCUT2D eigenvalue weighted by atomic mass is 16.5. The van der Waals surface area contributed by atoms with E-state index in [-0.39, 0.29) is 5.91 Å². The van der Waals surface area contributed by atoms with Crippen LogP contribution < -0.4 is 4.74 Å². The number of rotatable bonds is 4. The summed E-state index contributed by atoms with van der Waals surface area (Å²) in [6, 6.07) is 10.1. The lowest BCUT2D eigenvalue weighted by Crippen LogP contribution is -2.49. The predicted octanol–water partition coefficient (Wildman–Crippen LogP) is 2.79. The molecule has 3 heterocycles. The normalized spacial score (nSPS) is 21.1. The van der Waals surface area contributed by atoms with Crippen molar-refractivity contribution in [3.63, 3.8) is 0 Å². The number of H-pyrrole nitrogens is 1. The number of benzene rings is 1. The van der Waals surface area contributed by atoms with Gasteiger partial charge in [-0.25, -0.2) is 0 Å². The molecule has 0 saturated carbocycles. The summed E-state index contributed by atoms with van der Waals surface area (Å²) in [5.41, 5.74) is 2.32. The van der Waals surface area contributed by atoms with Gasteiger partial charge in [-0.2, -0.15) is 5.10 Å². The van der Waals surface area contributed by atoms with E-state index < -0.39 is 0 Å². The van der Waals surface area contributed by atoms with E-state index in [1.54, 1.807) is 7.11 Å². The fraction of sp³-hybridized carbons (Fsp3) is 0.500. The zero-order chi connectivity index (χ0) is 17.9. The number of ether oxygens (including phenoxy) is 1. The number of likely N-dealkylation sites (tertiary alicyclic amines) is 2. The molecular weight excluding hydrogens is 328 g/mol. The second-order valence-corrected chi connectivity index (χ2v) is 7.19. The lowest BCUT2D eigenvalue weighted by atomic mass is 10.0. The van der Waals surface area contributed by atoms with Gasteiger partial charge in [0.15, 0.2) is 0 Å². The summed E-state index contributed by atoms with van der Waals surface area (Å²) < 4.78 is 5.19. The van der Waals surface area contributed by atoms with Crippen LogP contribution in [0.1, 0.15) is 36.2 Å². The monoisotopic (exact) mass is 354 g/mol. The summed E-state index contributed by atoms with van der Waals surface area (Å²) in [7, 11) is 1.65. The Morgan fingerprint density at radius 3 is 2.65 bits per heavy atom. The largest absolute Gasteiger partial charge is 0.497 e. The Bertz CT molecular complexity index is 749. The number of nitrogens with one attached hydrogen (secondary N) is 1. The molecule has 1 aromatic heterocycles. The highest BCUT2D eigenvalue weighted by Crippen LogP contribution is 2.24. The molecular formula is C20H26N4O2. The zero-order valence-corrected chi connectivity index (χ0v) is 15.3. The number of hydrogen-bond donors (Lipinski definition) is 1. The van der Waals surface area contributed by atoms with Crippen LogP contribution in [0.2, 0.25) is 0 Å². The maximum absolute atomic E-state index is 12.9. The van der Waals surface area contributed by atoms with E-state index in [4.69, 9.17) is 4.74 Å². The number of carbonyl (C=O) groups is 1. The molecule has 6 heteroatoms. The molecule has 6 nitrogen and oxygen atoms in total. The summed E-state index contributed by atoms with van der Waals surface area (Å²) in [4.78, 5) is 17.5. The SMILES string of the molecule is COc1ccc(-c2cc(C(=O)N3CCCC(N4CCCC4)C3)[nH]n2)cc1. The van der Waals surface area contributed by atoms with Crippen LogP contribution in [0.3, 0.4) is 0 Å². The Hall–Kier alpha value is -2.34. The van der Waals surface area contributed by atoms with Crippen molar-refractivity contribution in [2.24, 2.45) is 0 Å². The third-order valence-corrected chi connectivity index (χ3v) is 5.53. The van der Waals surface area contributed by atoms with Gasteiger partial charge in [0.1, 0.15) is 11.4 Å². The Balaban J connectivity index is 1.45. The first-order chi connectivity index (χ1) is 12.7. The lowest BCUT2D eigenvalue weighted by Gasteiger charge is -2.37. The topological polar surface area (TPSA) is 61.5 Å². The van der Waals surface area contributed by atoms with E-state index in [0.29, 0.717) is 11.7 Å². The van der Waals surface area contributed by atoms with Crippen molar-refractivity contribution in [1.82, 2.24) is 20.0 Å². The van der Waals surface area contributed by atoms with E-state index in [2.05, 4.69) is 15.1 Å². The first-order valence-electron chi connectivity index (χ1n) is 9.48. The first-order valence-corrected chi connectivity index (χ1v) is 9.48. The molecule has 0 spiro atoms. The average molecular weight is 354 g/mol. The number of nitrogens with zero attached hydrogens (tertiary/aromatic N) is 3. The van der Waals surface area contributed by atoms with Crippen molar-refractivity contribution in [1.29, 1.82) is 0 Å². The summed E-state index contributed by atoms with van der Waals surface area (Å²) in [6.07, 6.45) is 4.85. The van der Waals surface area contributed by atoms with E-state index in [1.165, 1.54) is 32.4 Å². The molecule has 138 valence electrons. The van der Waals surface area contributed by atoms with Crippen LogP contribution in [0.25, 0.3) is 11.3 Å². The maximum Gasteiger partial charge on any atom is 0.271 e. The van der Waals surface area contributed by atoms with Crippen LogP contribution in [0.4, 0.5) is 0 Å². The van der Waals surface area contributed by atoms with Gasteiger partial charge in [-0.1, -0.05) is 0 Å². The highest BCUT2D eigenvalue weighted by Gasteiger charge is 2.30. The summed E-state index contributed by atoms with van der Waals surface area (Å²) >= 11 is 0. The predicted molar refractivity (Wildman–Crippen MR) is 100 cm³/mol. The second kappa shape index (κ2) is 7.50. The van der Waals surface area contributed by atoms with Crippen LogP contribution in [-0.4, -0.2) is 65.2 Å². The lowest BCUT2D eigenvalue weighted by molar-refractivity contribution is 0.0602. The molecule has 2 aliphatic heterocycles. The van der Waals surface area contributed by atoms with Crippen molar-refractivity contribution in [2.45, 2.75) is 31.7 Å². The molecule has 0 aliphatic carbocycles. The molecule has 0 radical (unpaired) electrons. The van der Waals surface area contributed by atoms with E-state index in [0.717, 1.165) is 36.5 Å². The molecule has 0 bridgehead atoms. The van der Waals surface area contributed by atoms with Crippen molar-refractivity contribution in [3.05, 3.63) is 36.0 Å². The minimum atomic E-state index is 0.0566. The van der Waals surface area contributed by atoms with Gasteiger partial charge >= 0.3 is 0 Å². The molecule has 4 rings (SSSR count). The van der Waals surface area contributed by atoms with Crippen molar-refractivity contribution < 1.29 is 9.53 Å². The van der Waals surface area contributed by atoms with E-state index in [1.807, 2.05) is 35.2 Å². The number of methoxy groups -OCH3 is 1. The zero-order valence-electron chi connectivity index (χ0n) is 15.3. The quantitative estimate of drug-likeness (QED) is 0.917. The fourth-order valence-electron chi connectivity index (χ4n) is 4.06. The van der Waals surface area contributed by atoms with Gasteiger partial charge in [-0.15, -0.1) is 0 Å². The van der Waals surface area contributed by atoms with Gasteiger partial charge in [0.2, 0.25) is 0 Å². The highest BCUT2D eigenvalue weighted by molar-refractivity contribution is 5.93. The standard InChI is InChI=1S/C20H26N4O2/c1-26-17-8-6-15(7-9-17)18-13-19(22-21-18)20(25)24-12-4-5-16(14-24)23-10-2-3-11-23/h6-9,13,16H,2-5,10-12,14H2,1H3,(H,21,22). The molecule has 1 aromatic carbocycles. The molecule has 2 saturated heterocycles. The molecule has 2 aliphatic rings. The first kappa shape index (κ1) is 17.1. The van der Waals surface area contributed by atoms with Gasteiger partial charge in [0.25, 0.3) is 5.91 Å². The second-order valence-electron chi connectivity index (χ2n) is 7.19. The minimum Gasteiger partial charge on any atom is -0.497 e. The molecule has 2 aromatic rings. The van der Waals surface area contributed by atoms with Crippen molar-refractivity contribution in [3.8, 4) is 17.0 Å². The molecule has 1 atom stereocenters. The average Bonchev–Trinajstić information content (AvgIpc) is 3.40. The maximum atomic E-state index is 12.9. The number of aromatic amines is 1. The third-order valence-electron chi connectivity index (χ3n) is 5.53. The summed E-state index contributed by atoms with van der Waals surface area (Å²) in [5, 5.41) is 7.26. The van der Waals surface area contributed by atoms with Gasteiger partial charge < -0.3 is 9.64 Å². The Morgan fingerprint density at radius 2 is 1.92 bits per heavy atom. The minimum absolute atomic E-state index is 0.0566.